The molecule has 0 bridgehead atoms. The Hall–Kier alpha value is -12.7. The molecule has 2 heterocycles. The fourth-order valence-electron chi connectivity index (χ4n) is 10.6. The molecule has 9 aromatic carbocycles. The zero-order valence-corrected chi connectivity index (χ0v) is 54.8. The predicted octanol–water partition coefficient (Wildman–Crippen LogP) is 15.0. The van der Waals surface area contributed by atoms with Crippen molar-refractivity contribution in [1.29, 1.82) is 0 Å². The first-order valence-corrected chi connectivity index (χ1v) is 31.2. The van der Waals surface area contributed by atoms with Gasteiger partial charge in [0, 0.05) is 57.8 Å². The maximum atomic E-state index is 13.6. The summed E-state index contributed by atoms with van der Waals surface area (Å²) in [7, 11) is 2.49. The van der Waals surface area contributed by atoms with Gasteiger partial charge in [-0.15, -0.1) is 0 Å². The number of aromatic nitrogens is 4. The fourth-order valence-corrected chi connectivity index (χ4v) is 10.6. The lowest BCUT2D eigenvalue weighted by atomic mass is 10.0. The number of amides is 4. The third-order valence-corrected chi connectivity index (χ3v) is 15.8. The Kier molecular flexibility index (Phi) is 22.5. The van der Waals surface area contributed by atoms with Crippen LogP contribution in [-0.4, -0.2) is 103 Å². The van der Waals surface area contributed by atoms with Crippen molar-refractivity contribution in [3.8, 4) is 68.3 Å². The number of carbonyl (C=O) groups excluding carboxylic acids is 4. The monoisotopic (exact) mass is 1390 g/mol. The number of methoxy groups -OCH3 is 2. The van der Waals surface area contributed by atoms with E-state index in [0.717, 1.165) is 49.7 Å². The minimum atomic E-state index is -4.69. The molecular formula is C76H62F6N8O12. The van der Waals surface area contributed by atoms with Crippen molar-refractivity contribution < 1.29 is 83.8 Å². The standard InChI is InChI=1S/C41H33F3N4O6.C35H29F3N4O6/c1-25-3-7-27(8-4-25)28-11-13-30(14-12-28)39-46-38(47-54-39)29-9-5-26(6-10-29)23-48(24-37(50)51)40(52)31-15-18-33(19-16-31)45-36(49)21-32-17-20-34(53-2)22-35(32)41(42,43)44;1-21-3-7-24(8-4-21)33-40-32(41-48-33)23-9-5-22(6-10-23)19-42(20-31(44)45)34(46)25-11-14-27(15-12-25)39-30(43)17-26-13-16-28(47-2)18-29(26)35(36,37)38/h3-20,22H,21,23-24H2,1-2H3,(H,45,49)(H,50,51);3-16,18H,17,19-20H2,1-2H3,(H,39,43)(H,44,45). The zero-order valence-electron chi connectivity index (χ0n) is 54.8. The van der Waals surface area contributed by atoms with Crippen molar-refractivity contribution in [2.75, 3.05) is 37.9 Å². The van der Waals surface area contributed by atoms with Crippen molar-refractivity contribution in [3.05, 3.63) is 262 Å². The summed E-state index contributed by atoms with van der Waals surface area (Å²) in [4.78, 5) is 86.6. The van der Waals surface area contributed by atoms with Gasteiger partial charge in [-0.25, -0.2) is 0 Å². The lowest BCUT2D eigenvalue weighted by Gasteiger charge is -2.21. The Morgan fingerprint density at radius 3 is 1.09 bits per heavy atom. The molecular weight excluding hydrogens is 1330 g/mol. The first kappa shape index (κ1) is 72.0. The molecule has 26 heteroatoms. The van der Waals surface area contributed by atoms with Crippen LogP contribution >= 0.6 is 0 Å². The van der Waals surface area contributed by atoms with Gasteiger partial charge in [0.05, 0.1) is 38.2 Å². The number of nitrogens with zero attached hydrogens (tertiary/aromatic N) is 6. The van der Waals surface area contributed by atoms with Gasteiger partial charge in [0.2, 0.25) is 23.5 Å². The smallest absolute Gasteiger partial charge is 0.416 e. The lowest BCUT2D eigenvalue weighted by Crippen LogP contribution is -2.35. The number of nitrogens with one attached hydrogen (secondary N) is 2. The largest absolute Gasteiger partial charge is 0.497 e. The van der Waals surface area contributed by atoms with E-state index in [4.69, 9.17) is 18.5 Å². The summed E-state index contributed by atoms with van der Waals surface area (Å²) >= 11 is 0. The van der Waals surface area contributed by atoms with E-state index in [9.17, 15) is 65.3 Å². The second-order valence-corrected chi connectivity index (χ2v) is 23.3. The third-order valence-electron chi connectivity index (χ3n) is 15.8. The number of hydrogen-bond acceptors (Lipinski definition) is 14. The van der Waals surface area contributed by atoms with Gasteiger partial charge in [0.15, 0.2) is 0 Å². The Labute approximate surface area is 578 Å². The number of ether oxygens (including phenoxy) is 2. The summed E-state index contributed by atoms with van der Waals surface area (Å²) in [5, 5.41) is 32.2. The number of rotatable bonds is 23. The fraction of sp³-hybridized carbons (Fsp3) is 0.158. The Morgan fingerprint density at radius 1 is 0.431 bits per heavy atom. The number of benzene rings is 9. The maximum absolute atomic E-state index is 13.6. The van der Waals surface area contributed by atoms with E-state index in [2.05, 4.69) is 55.2 Å². The number of halogens is 6. The molecule has 0 saturated carbocycles. The van der Waals surface area contributed by atoms with Crippen molar-refractivity contribution >= 4 is 46.9 Å². The predicted molar refractivity (Wildman–Crippen MR) is 364 cm³/mol. The SMILES string of the molecule is COc1ccc(CC(=O)Nc2ccc(C(=O)N(CC(=O)O)Cc3ccc(-c4noc(-c5ccc(-c6ccc(C)cc6)cc5)n4)cc3)cc2)c(C(F)(F)F)c1.COc1ccc(CC(=O)Nc2ccc(C(=O)N(CC(=O)O)Cc3ccc(-c4noc(-c5ccc(C)cc5)n4)cc3)cc2)c(C(F)(F)F)c1. The van der Waals surface area contributed by atoms with E-state index >= 15 is 0 Å². The van der Waals surface area contributed by atoms with Gasteiger partial charge < -0.3 is 49.2 Å². The quantitative estimate of drug-likeness (QED) is 0.0434. The van der Waals surface area contributed by atoms with Crippen LogP contribution in [0, 0.1) is 13.8 Å². The molecule has 4 amide bonds. The molecule has 2 aromatic heterocycles. The van der Waals surface area contributed by atoms with E-state index in [-0.39, 0.29) is 58.2 Å². The number of aryl methyl sites for hydroxylation is 2. The Balaban J connectivity index is 0.000000221. The third kappa shape index (κ3) is 18.9. The van der Waals surface area contributed by atoms with Crippen LogP contribution in [0.4, 0.5) is 37.7 Å². The molecule has 0 aliphatic heterocycles. The van der Waals surface area contributed by atoms with Gasteiger partial charge in [-0.05, 0) is 144 Å². The molecule has 0 spiro atoms. The molecule has 0 atom stereocenters. The normalized spacial score (nSPS) is 11.2. The first-order valence-electron chi connectivity index (χ1n) is 31.2. The lowest BCUT2D eigenvalue weighted by molar-refractivity contribution is -0.139. The molecule has 0 fully saturated rings. The molecule has 0 aliphatic rings. The van der Waals surface area contributed by atoms with Gasteiger partial charge in [-0.2, -0.15) is 36.3 Å². The summed E-state index contributed by atoms with van der Waals surface area (Å²) in [5.41, 5.74) is 6.94. The Bertz CT molecular complexity index is 4800. The summed E-state index contributed by atoms with van der Waals surface area (Å²) in [6.07, 6.45) is -10.5. The molecule has 0 saturated heterocycles. The van der Waals surface area contributed by atoms with E-state index in [0.29, 0.717) is 45.7 Å². The number of aliphatic carboxylic acids is 2. The van der Waals surface area contributed by atoms with Crippen LogP contribution in [0.5, 0.6) is 11.5 Å². The summed E-state index contributed by atoms with van der Waals surface area (Å²) in [5.74, 6) is -3.53. The maximum Gasteiger partial charge on any atom is 0.416 e. The number of anilines is 2. The molecule has 4 N–H and O–H groups in total. The van der Waals surface area contributed by atoms with Crippen LogP contribution in [0.15, 0.2) is 215 Å². The molecule has 0 unspecified atom stereocenters. The van der Waals surface area contributed by atoms with Crippen LogP contribution in [0.1, 0.15) is 65.2 Å². The van der Waals surface area contributed by atoms with E-state index in [1.54, 1.807) is 48.5 Å². The van der Waals surface area contributed by atoms with E-state index in [1.807, 2.05) is 62.4 Å². The topological polar surface area (TPSA) is 270 Å². The van der Waals surface area contributed by atoms with Gasteiger partial charge in [-0.3, -0.25) is 28.8 Å². The van der Waals surface area contributed by atoms with Gasteiger partial charge in [0.1, 0.15) is 24.6 Å². The second-order valence-electron chi connectivity index (χ2n) is 23.3. The van der Waals surface area contributed by atoms with Gasteiger partial charge in [0.25, 0.3) is 23.6 Å². The van der Waals surface area contributed by atoms with Gasteiger partial charge in [-0.1, -0.05) is 131 Å². The van der Waals surface area contributed by atoms with Crippen molar-refractivity contribution in [2.45, 2.75) is 52.1 Å². The van der Waals surface area contributed by atoms with Crippen LogP contribution < -0.4 is 20.1 Å². The first-order chi connectivity index (χ1) is 48.7. The molecule has 11 aromatic rings. The highest BCUT2D eigenvalue weighted by Gasteiger charge is 2.36. The molecule has 0 aliphatic carbocycles. The van der Waals surface area contributed by atoms with Crippen LogP contribution in [0.3, 0.4) is 0 Å². The molecule has 0 radical (unpaired) electrons. The summed E-state index contributed by atoms with van der Waals surface area (Å²) < 4.78 is 102. The molecule has 11 rings (SSSR count). The number of hydrogen-bond donors (Lipinski definition) is 4. The minimum Gasteiger partial charge on any atom is -0.497 e. The number of alkyl halides is 6. The highest BCUT2D eigenvalue weighted by molar-refractivity contribution is 5.99. The van der Waals surface area contributed by atoms with Crippen LogP contribution in [-0.2, 0) is 57.5 Å². The van der Waals surface area contributed by atoms with E-state index in [1.165, 1.54) is 92.6 Å². The van der Waals surface area contributed by atoms with Crippen molar-refractivity contribution in [3.63, 3.8) is 0 Å². The molecule has 20 nitrogen and oxygen atoms in total. The van der Waals surface area contributed by atoms with Crippen LogP contribution in [0.25, 0.3) is 56.8 Å². The number of carbonyl (C=O) groups is 6. The van der Waals surface area contributed by atoms with Crippen molar-refractivity contribution in [2.24, 2.45) is 0 Å². The number of carboxylic acids is 2. The zero-order chi connectivity index (χ0) is 72.8. The Morgan fingerprint density at radius 2 is 0.755 bits per heavy atom. The molecule has 520 valence electrons. The highest BCUT2D eigenvalue weighted by atomic mass is 19.4. The van der Waals surface area contributed by atoms with E-state index < -0.39 is 85.0 Å². The summed E-state index contributed by atoms with van der Waals surface area (Å²) in [6, 6.07) is 55.5. The summed E-state index contributed by atoms with van der Waals surface area (Å²) in [6.45, 7) is 2.80. The van der Waals surface area contributed by atoms with Gasteiger partial charge >= 0.3 is 24.3 Å². The second kappa shape index (κ2) is 31.8. The van der Waals surface area contributed by atoms with Crippen LogP contribution in [0.2, 0.25) is 0 Å². The van der Waals surface area contributed by atoms with Crippen molar-refractivity contribution in [1.82, 2.24) is 30.1 Å². The average Bonchev–Trinajstić information content (AvgIpc) is 1.80. The average molecular weight is 1390 g/mol. The number of carboxylic acid groups (broad SMARTS) is 2. The minimum absolute atomic E-state index is 0.00968. The highest BCUT2D eigenvalue weighted by Crippen LogP contribution is 2.37. The molecule has 102 heavy (non-hydrogen) atoms.